The van der Waals surface area contributed by atoms with Crippen molar-refractivity contribution in [3.05, 3.63) is 64.7 Å². The fourth-order valence-corrected chi connectivity index (χ4v) is 1.97. The van der Waals surface area contributed by atoms with Gasteiger partial charge in [-0.05, 0) is 36.4 Å². The highest BCUT2D eigenvalue weighted by atomic mass is 35.5. The van der Waals surface area contributed by atoms with E-state index in [1.807, 2.05) is 0 Å². The number of carbonyl (C=O) groups is 2. The third-order valence-corrected chi connectivity index (χ3v) is 3.04. The number of anilines is 1. The van der Waals surface area contributed by atoms with Crippen molar-refractivity contribution >= 4 is 29.1 Å². The first-order chi connectivity index (χ1) is 10.6. The van der Waals surface area contributed by atoms with Gasteiger partial charge in [-0.2, -0.15) is 0 Å². The number of benzene rings is 2. The van der Waals surface area contributed by atoms with Gasteiger partial charge in [0.25, 0.3) is 5.91 Å². The van der Waals surface area contributed by atoms with Crippen LogP contribution in [0, 0.1) is 12.3 Å². The van der Waals surface area contributed by atoms with Crippen LogP contribution in [0.25, 0.3) is 0 Å². The molecule has 0 spiro atoms. The van der Waals surface area contributed by atoms with Gasteiger partial charge < -0.3 is 10.6 Å². The lowest BCUT2D eigenvalue weighted by Crippen LogP contribution is -2.32. The predicted molar refractivity (Wildman–Crippen MR) is 86.8 cm³/mol. The van der Waals surface area contributed by atoms with Gasteiger partial charge in [-0.1, -0.05) is 29.7 Å². The van der Waals surface area contributed by atoms with Crippen LogP contribution in [0.4, 0.5) is 5.69 Å². The van der Waals surface area contributed by atoms with Crippen molar-refractivity contribution in [2.45, 2.75) is 0 Å². The molecule has 0 aromatic heterocycles. The molecule has 0 unspecified atom stereocenters. The van der Waals surface area contributed by atoms with Gasteiger partial charge in [0.1, 0.15) is 0 Å². The van der Waals surface area contributed by atoms with Crippen molar-refractivity contribution in [1.29, 1.82) is 0 Å². The Kier molecular flexibility index (Phi) is 5.18. The maximum Gasteiger partial charge on any atom is 0.251 e. The highest BCUT2D eigenvalue weighted by molar-refractivity contribution is 6.31. The lowest BCUT2D eigenvalue weighted by molar-refractivity contribution is -0.115. The van der Waals surface area contributed by atoms with Crippen LogP contribution >= 0.6 is 11.6 Å². The Balaban J connectivity index is 1.90. The van der Waals surface area contributed by atoms with Crippen molar-refractivity contribution in [2.24, 2.45) is 0 Å². The highest BCUT2D eigenvalue weighted by Gasteiger charge is 2.08. The van der Waals surface area contributed by atoms with Crippen LogP contribution in [0.3, 0.4) is 0 Å². The van der Waals surface area contributed by atoms with Crippen LogP contribution in [0.15, 0.2) is 48.5 Å². The molecule has 2 aromatic carbocycles. The van der Waals surface area contributed by atoms with Gasteiger partial charge in [-0.15, -0.1) is 6.42 Å². The van der Waals surface area contributed by atoms with E-state index >= 15 is 0 Å². The van der Waals surface area contributed by atoms with Crippen LogP contribution in [0.1, 0.15) is 15.9 Å². The van der Waals surface area contributed by atoms with Crippen molar-refractivity contribution < 1.29 is 9.59 Å². The van der Waals surface area contributed by atoms with Crippen LogP contribution < -0.4 is 10.6 Å². The molecule has 0 aliphatic heterocycles. The second-order valence-electron chi connectivity index (χ2n) is 4.47. The molecule has 0 bridgehead atoms. The number of halogens is 1. The van der Waals surface area contributed by atoms with Gasteiger partial charge in [0, 0.05) is 21.8 Å². The van der Waals surface area contributed by atoms with Crippen molar-refractivity contribution in [2.75, 3.05) is 11.9 Å². The topological polar surface area (TPSA) is 58.2 Å². The molecule has 0 aliphatic rings. The molecule has 2 amide bonds. The summed E-state index contributed by atoms with van der Waals surface area (Å²) in [6, 6.07) is 13.4. The first-order valence-electron chi connectivity index (χ1n) is 6.49. The number of hydrogen-bond acceptors (Lipinski definition) is 2. The minimum Gasteiger partial charge on any atom is -0.343 e. The fourth-order valence-electron chi connectivity index (χ4n) is 1.78. The fraction of sp³-hybridized carbons (Fsp3) is 0.0588. The second kappa shape index (κ2) is 7.30. The molecule has 5 heteroatoms. The SMILES string of the molecule is C#Cc1cccc(NC(=O)CNC(=O)c2cccc(Cl)c2)c1. The van der Waals surface area contributed by atoms with E-state index in [0.717, 1.165) is 0 Å². The Morgan fingerprint density at radius 1 is 1.14 bits per heavy atom. The van der Waals surface area contributed by atoms with Gasteiger partial charge in [0.05, 0.1) is 6.54 Å². The second-order valence-corrected chi connectivity index (χ2v) is 4.90. The van der Waals surface area contributed by atoms with E-state index in [4.69, 9.17) is 18.0 Å². The summed E-state index contributed by atoms with van der Waals surface area (Å²) in [6.45, 7) is -0.147. The zero-order valence-corrected chi connectivity index (χ0v) is 12.4. The molecule has 0 atom stereocenters. The quantitative estimate of drug-likeness (QED) is 0.853. The minimum absolute atomic E-state index is 0.147. The summed E-state index contributed by atoms with van der Waals surface area (Å²) in [6.07, 6.45) is 5.29. The summed E-state index contributed by atoms with van der Waals surface area (Å²) in [5.41, 5.74) is 1.65. The average Bonchev–Trinajstić information content (AvgIpc) is 2.52. The van der Waals surface area contributed by atoms with Gasteiger partial charge in [-0.25, -0.2) is 0 Å². The predicted octanol–water partition coefficient (Wildman–Crippen LogP) is 2.69. The molecule has 110 valence electrons. The number of carbonyl (C=O) groups excluding carboxylic acids is 2. The number of terminal acetylenes is 1. The lowest BCUT2D eigenvalue weighted by atomic mass is 10.2. The third-order valence-electron chi connectivity index (χ3n) is 2.81. The Bertz CT molecular complexity index is 750. The van der Waals surface area contributed by atoms with E-state index in [1.54, 1.807) is 42.5 Å². The largest absolute Gasteiger partial charge is 0.343 e. The zero-order chi connectivity index (χ0) is 15.9. The molecule has 2 N–H and O–H groups in total. The molecule has 0 aliphatic carbocycles. The molecule has 2 aromatic rings. The lowest BCUT2D eigenvalue weighted by Gasteiger charge is -2.07. The van der Waals surface area contributed by atoms with E-state index in [2.05, 4.69) is 16.6 Å². The summed E-state index contributed by atoms with van der Waals surface area (Å²) in [4.78, 5) is 23.7. The zero-order valence-electron chi connectivity index (χ0n) is 11.6. The molecule has 0 radical (unpaired) electrons. The maximum absolute atomic E-state index is 11.9. The van der Waals surface area contributed by atoms with Gasteiger partial charge in [0.15, 0.2) is 0 Å². The standard InChI is InChI=1S/C17H13ClN2O2/c1-2-12-5-3-8-15(9-12)20-16(21)11-19-17(22)13-6-4-7-14(18)10-13/h1,3-10H,11H2,(H,19,22)(H,20,21). The average molecular weight is 313 g/mol. The summed E-state index contributed by atoms with van der Waals surface area (Å²) in [5.74, 6) is 1.78. The smallest absolute Gasteiger partial charge is 0.251 e. The summed E-state index contributed by atoms with van der Waals surface area (Å²) in [7, 11) is 0. The molecular weight excluding hydrogens is 300 g/mol. The monoisotopic (exact) mass is 312 g/mol. The van der Waals surface area contributed by atoms with E-state index in [-0.39, 0.29) is 18.4 Å². The molecule has 4 nitrogen and oxygen atoms in total. The van der Waals surface area contributed by atoms with E-state index < -0.39 is 0 Å². The van der Waals surface area contributed by atoms with Gasteiger partial charge in [-0.3, -0.25) is 9.59 Å². The summed E-state index contributed by atoms with van der Waals surface area (Å²) in [5, 5.41) is 5.65. The van der Waals surface area contributed by atoms with Crippen LogP contribution in [0.2, 0.25) is 5.02 Å². The molecule has 0 saturated carbocycles. The van der Waals surface area contributed by atoms with Crippen LogP contribution in [-0.2, 0) is 4.79 Å². The van der Waals surface area contributed by atoms with Crippen LogP contribution in [0.5, 0.6) is 0 Å². The van der Waals surface area contributed by atoms with Gasteiger partial charge in [0.2, 0.25) is 5.91 Å². The van der Waals surface area contributed by atoms with Crippen LogP contribution in [-0.4, -0.2) is 18.4 Å². The third kappa shape index (κ3) is 4.37. The molecule has 22 heavy (non-hydrogen) atoms. The minimum atomic E-state index is -0.366. The number of amides is 2. The molecular formula is C17H13ClN2O2. The number of rotatable bonds is 4. The number of nitrogens with one attached hydrogen (secondary N) is 2. The Hall–Kier alpha value is -2.77. The number of hydrogen-bond donors (Lipinski definition) is 2. The molecule has 0 heterocycles. The van der Waals surface area contributed by atoms with Gasteiger partial charge >= 0.3 is 0 Å². The first-order valence-corrected chi connectivity index (χ1v) is 6.86. The van der Waals surface area contributed by atoms with Crippen molar-refractivity contribution in [3.63, 3.8) is 0 Å². The molecule has 2 rings (SSSR count). The van der Waals surface area contributed by atoms with E-state index in [9.17, 15) is 9.59 Å². The summed E-state index contributed by atoms with van der Waals surface area (Å²) < 4.78 is 0. The molecule has 0 saturated heterocycles. The Morgan fingerprint density at radius 2 is 1.91 bits per heavy atom. The highest BCUT2D eigenvalue weighted by Crippen LogP contribution is 2.11. The summed E-state index contributed by atoms with van der Waals surface area (Å²) >= 11 is 5.81. The van der Waals surface area contributed by atoms with Crippen molar-refractivity contribution in [3.8, 4) is 12.3 Å². The van der Waals surface area contributed by atoms with E-state index in [0.29, 0.717) is 21.8 Å². The first kappa shape index (κ1) is 15.6. The van der Waals surface area contributed by atoms with Crippen molar-refractivity contribution in [1.82, 2.24) is 5.32 Å². The Morgan fingerprint density at radius 3 is 2.64 bits per heavy atom. The van der Waals surface area contributed by atoms with E-state index in [1.165, 1.54) is 6.07 Å². The maximum atomic E-state index is 11.9. The Labute approximate surface area is 133 Å². The molecule has 0 fully saturated rings. The normalized spacial score (nSPS) is 9.64.